The van der Waals surface area contributed by atoms with E-state index in [1.165, 1.54) is 0 Å². The molecule has 0 heterocycles. The molecule has 0 unspecified atom stereocenters. The number of Topliss-reactive ketones (excluding diaryl/α,β-unsaturated/α-hetero) is 1. The highest BCUT2D eigenvalue weighted by molar-refractivity contribution is 6.30. The fourth-order valence-corrected chi connectivity index (χ4v) is 3.06. The average molecular weight is 351 g/mol. The van der Waals surface area contributed by atoms with E-state index in [0.717, 1.165) is 11.1 Å². The molecule has 1 aliphatic rings. The van der Waals surface area contributed by atoms with Crippen LogP contribution in [0.4, 0.5) is 13.2 Å². The summed E-state index contributed by atoms with van der Waals surface area (Å²) in [4.78, 5) is 12.4. The Morgan fingerprint density at radius 2 is 1.42 bits per heavy atom. The Bertz CT molecular complexity index is 787. The van der Waals surface area contributed by atoms with Gasteiger partial charge in [-0.2, -0.15) is 13.2 Å². The summed E-state index contributed by atoms with van der Waals surface area (Å²) in [5.74, 6) is -0.525. The van der Waals surface area contributed by atoms with Crippen LogP contribution >= 0.6 is 11.6 Å². The molecule has 3 rings (SSSR count). The second-order valence-corrected chi connectivity index (χ2v) is 6.16. The maximum Gasteiger partial charge on any atom is 0.413 e. The van der Waals surface area contributed by atoms with Crippen LogP contribution < -0.4 is 0 Å². The van der Waals surface area contributed by atoms with Gasteiger partial charge in [-0.05, 0) is 42.5 Å². The van der Waals surface area contributed by atoms with E-state index < -0.39 is 17.5 Å². The van der Waals surface area contributed by atoms with Gasteiger partial charge < -0.3 is 0 Å². The number of carbonyl (C=O) groups excluding carboxylic acids is 1. The predicted molar refractivity (Wildman–Crippen MR) is 88.2 cm³/mol. The molecule has 0 saturated heterocycles. The molecule has 0 spiro atoms. The van der Waals surface area contributed by atoms with Gasteiger partial charge in [-0.1, -0.05) is 48.0 Å². The van der Waals surface area contributed by atoms with Crippen molar-refractivity contribution in [3.63, 3.8) is 0 Å². The summed E-state index contributed by atoms with van der Waals surface area (Å²) >= 11 is 5.85. The number of halogens is 4. The SMILES string of the molecule is O=C(C1=C(C(F)(F)F)CCC1)c1ccc(-c2ccc(Cl)cc2)cc1. The standard InChI is InChI=1S/C19H14ClF3O/c20-15-10-8-13(9-11-15)12-4-6-14(7-5-12)18(24)16-2-1-3-17(16)19(21,22)23/h4-11H,1-3H2. The minimum atomic E-state index is -4.43. The Morgan fingerprint density at radius 3 is 1.96 bits per heavy atom. The van der Waals surface area contributed by atoms with Gasteiger partial charge in [0, 0.05) is 21.7 Å². The summed E-state index contributed by atoms with van der Waals surface area (Å²) in [6, 6.07) is 13.8. The first-order valence-corrected chi connectivity index (χ1v) is 7.94. The van der Waals surface area contributed by atoms with Crippen molar-refractivity contribution in [2.45, 2.75) is 25.4 Å². The van der Waals surface area contributed by atoms with Crippen LogP contribution in [-0.4, -0.2) is 12.0 Å². The van der Waals surface area contributed by atoms with Crippen molar-refractivity contribution in [2.24, 2.45) is 0 Å². The normalized spacial score (nSPS) is 15.0. The lowest BCUT2D eigenvalue weighted by Crippen LogP contribution is -2.15. The number of alkyl halides is 3. The van der Waals surface area contributed by atoms with Crippen molar-refractivity contribution in [3.05, 3.63) is 70.3 Å². The molecule has 24 heavy (non-hydrogen) atoms. The number of carbonyl (C=O) groups is 1. The third kappa shape index (κ3) is 3.39. The fraction of sp³-hybridized carbons (Fsp3) is 0.211. The molecule has 124 valence electrons. The molecule has 0 aromatic heterocycles. The van der Waals surface area contributed by atoms with E-state index >= 15 is 0 Å². The fourth-order valence-electron chi connectivity index (χ4n) is 2.94. The molecule has 0 bridgehead atoms. The molecule has 2 aromatic carbocycles. The second-order valence-electron chi connectivity index (χ2n) is 5.72. The van der Waals surface area contributed by atoms with Crippen LogP contribution in [0, 0.1) is 0 Å². The van der Waals surface area contributed by atoms with E-state index in [9.17, 15) is 18.0 Å². The van der Waals surface area contributed by atoms with Crippen molar-refractivity contribution in [2.75, 3.05) is 0 Å². The molecule has 2 aromatic rings. The lowest BCUT2D eigenvalue weighted by molar-refractivity contribution is -0.0936. The molecule has 0 aliphatic heterocycles. The van der Waals surface area contributed by atoms with Gasteiger partial charge in [-0.25, -0.2) is 0 Å². The van der Waals surface area contributed by atoms with Gasteiger partial charge in [0.25, 0.3) is 0 Å². The summed E-state index contributed by atoms with van der Waals surface area (Å²) in [7, 11) is 0. The van der Waals surface area contributed by atoms with E-state index in [1.807, 2.05) is 12.1 Å². The highest BCUT2D eigenvalue weighted by Crippen LogP contribution is 2.39. The number of allylic oxidation sites excluding steroid dienone is 2. The van der Waals surface area contributed by atoms with Crippen molar-refractivity contribution in [1.82, 2.24) is 0 Å². The lowest BCUT2D eigenvalue weighted by Gasteiger charge is -2.11. The zero-order valence-corrected chi connectivity index (χ0v) is 13.4. The first kappa shape index (κ1) is 16.8. The lowest BCUT2D eigenvalue weighted by atomic mass is 9.97. The first-order chi connectivity index (χ1) is 11.4. The van der Waals surface area contributed by atoms with Gasteiger partial charge in [0.1, 0.15) is 0 Å². The van der Waals surface area contributed by atoms with Gasteiger partial charge in [0.05, 0.1) is 0 Å². The van der Waals surface area contributed by atoms with Crippen LogP contribution in [0.15, 0.2) is 59.7 Å². The molecule has 0 atom stereocenters. The van der Waals surface area contributed by atoms with Crippen LogP contribution in [-0.2, 0) is 0 Å². The van der Waals surface area contributed by atoms with Gasteiger partial charge in [-0.15, -0.1) is 0 Å². The average Bonchev–Trinajstić information content (AvgIpc) is 3.05. The maximum absolute atomic E-state index is 13.0. The van der Waals surface area contributed by atoms with E-state index in [-0.39, 0.29) is 24.0 Å². The molecule has 0 saturated carbocycles. The third-order valence-corrected chi connectivity index (χ3v) is 4.41. The summed E-state index contributed by atoms with van der Waals surface area (Å²) in [5.41, 5.74) is 1.32. The third-order valence-electron chi connectivity index (χ3n) is 4.16. The Hall–Kier alpha value is -2.07. The largest absolute Gasteiger partial charge is 0.413 e. The monoisotopic (exact) mass is 350 g/mol. The molecule has 0 fully saturated rings. The van der Waals surface area contributed by atoms with Crippen molar-refractivity contribution in [3.8, 4) is 11.1 Å². The van der Waals surface area contributed by atoms with Crippen LogP contribution in [0.3, 0.4) is 0 Å². The van der Waals surface area contributed by atoms with E-state index in [4.69, 9.17) is 11.6 Å². The summed E-state index contributed by atoms with van der Waals surface area (Å²) in [6.07, 6.45) is -3.94. The number of hydrogen-bond acceptors (Lipinski definition) is 1. The Morgan fingerprint density at radius 1 is 0.875 bits per heavy atom. The summed E-state index contributed by atoms with van der Waals surface area (Å²) in [5, 5.41) is 0.624. The smallest absolute Gasteiger partial charge is 0.289 e. The van der Waals surface area contributed by atoms with Crippen molar-refractivity contribution >= 4 is 17.4 Å². The summed E-state index contributed by atoms with van der Waals surface area (Å²) in [6.45, 7) is 0. The molecule has 0 amide bonds. The zero-order chi connectivity index (χ0) is 17.3. The van der Waals surface area contributed by atoms with Crippen LogP contribution in [0.5, 0.6) is 0 Å². The molecule has 0 N–H and O–H groups in total. The van der Waals surface area contributed by atoms with Crippen LogP contribution in [0.25, 0.3) is 11.1 Å². The Kier molecular flexibility index (Phi) is 4.50. The van der Waals surface area contributed by atoms with E-state index in [2.05, 4.69) is 0 Å². The highest BCUT2D eigenvalue weighted by Gasteiger charge is 2.39. The predicted octanol–water partition coefficient (Wildman–Crippen LogP) is 6.23. The van der Waals surface area contributed by atoms with Gasteiger partial charge >= 0.3 is 6.18 Å². The first-order valence-electron chi connectivity index (χ1n) is 7.56. The van der Waals surface area contributed by atoms with Crippen LogP contribution in [0.1, 0.15) is 29.6 Å². The topological polar surface area (TPSA) is 17.1 Å². The minimum absolute atomic E-state index is 0.0760. The minimum Gasteiger partial charge on any atom is -0.289 e. The van der Waals surface area contributed by atoms with E-state index in [1.54, 1.807) is 36.4 Å². The number of benzene rings is 2. The van der Waals surface area contributed by atoms with Gasteiger partial charge in [0.15, 0.2) is 5.78 Å². The second kappa shape index (κ2) is 6.44. The number of ketones is 1. The summed E-state index contributed by atoms with van der Waals surface area (Å²) < 4.78 is 39.0. The molecule has 5 heteroatoms. The van der Waals surface area contributed by atoms with Crippen molar-refractivity contribution in [1.29, 1.82) is 0 Å². The van der Waals surface area contributed by atoms with E-state index in [0.29, 0.717) is 11.4 Å². The molecule has 1 nitrogen and oxygen atoms in total. The quantitative estimate of drug-likeness (QED) is 0.599. The molecule has 1 aliphatic carbocycles. The number of rotatable bonds is 3. The van der Waals surface area contributed by atoms with Crippen molar-refractivity contribution < 1.29 is 18.0 Å². The maximum atomic E-state index is 13.0. The Balaban J connectivity index is 1.88. The molecular weight excluding hydrogens is 337 g/mol. The molecular formula is C19H14ClF3O. The van der Waals surface area contributed by atoms with Crippen LogP contribution in [0.2, 0.25) is 5.02 Å². The Labute approximate surface area is 142 Å². The van der Waals surface area contributed by atoms with Gasteiger partial charge in [-0.3, -0.25) is 4.79 Å². The zero-order valence-electron chi connectivity index (χ0n) is 12.7. The number of hydrogen-bond donors (Lipinski definition) is 0. The van der Waals surface area contributed by atoms with Gasteiger partial charge in [0.2, 0.25) is 0 Å². The highest BCUT2D eigenvalue weighted by atomic mass is 35.5. The molecule has 0 radical (unpaired) electrons.